The van der Waals surface area contributed by atoms with Gasteiger partial charge in [0.15, 0.2) is 0 Å². The smallest absolute Gasteiger partial charge is 0.255 e. The summed E-state index contributed by atoms with van der Waals surface area (Å²) in [5.74, 6) is 5.45. The Kier molecular flexibility index (Phi) is 4.97. The average molecular weight is 279 g/mol. The summed E-state index contributed by atoms with van der Waals surface area (Å²) >= 11 is 1.43. The molecular weight excluding hydrogens is 262 g/mol. The van der Waals surface area contributed by atoms with Gasteiger partial charge in [0, 0.05) is 11.9 Å². The lowest BCUT2D eigenvalue weighted by atomic mass is 10.1. The van der Waals surface area contributed by atoms with Crippen molar-refractivity contribution in [3.63, 3.8) is 0 Å². The SMILES string of the molecule is CCC1COCCN1C(=O)c1csc(C#CCO)c1. The second kappa shape index (κ2) is 6.71. The van der Waals surface area contributed by atoms with Crippen LogP contribution in [-0.4, -0.2) is 48.3 Å². The summed E-state index contributed by atoms with van der Waals surface area (Å²) in [6, 6.07) is 1.95. The van der Waals surface area contributed by atoms with Gasteiger partial charge in [0.2, 0.25) is 0 Å². The predicted octanol–water partition coefficient (Wildman–Crippen LogP) is 1.34. The molecule has 1 N–H and O–H groups in total. The Morgan fingerprint density at radius 1 is 1.68 bits per heavy atom. The van der Waals surface area contributed by atoms with Crippen molar-refractivity contribution in [2.45, 2.75) is 19.4 Å². The third-order valence-corrected chi connectivity index (χ3v) is 3.94. The number of aliphatic hydroxyl groups excluding tert-OH is 1. The van der Waals surface area contributed by atoms with Crippen LogP contribution < -0.4 is 0 Å². The molecule has 0 bridgehead atoms. The van der Waals surface area contributed by atoms with Crippen LogP contribution in [0.4, 0.5) is 0 Å². The van der Waals surface area contributed by atoms with E-state index in [2.05, 4.69) is 18.8 Å². The Morgan fingerprint density at radius 3 is 3.26 bits per heavy atom. The van der Waals surface area contributed by atoms with E-state index in [1.807, 2.05) is 10.3 Å². The molecule has 1 aromatic heterocycles. The zero-order valence-corrected chi connectivity index (χ0v) is 11.7. The van der Waals surface area contributed by atoms with E-state index in [0.717, 1.165) is 11.3 Å². The van der Waals surface area contributed by atoms with Gasteiger partial charge in [0.25, 0.3) is 5.91 Å². The molecule has 0 aromatic carbocycles. The topological polar surface area (TPSA) is 49.8 Å². The lowest BCUT2D eigenvalue weighted by Gasteiger charge is -2.34. The minimum atomic E-state index is -0.164. The highest BCUT2D eigenvalue weighted by Gasteiger charge is 2.27. The number of morpholine rings is 1. The molecule has 2 rings (SSSR count). The molecule has 1 aromatic rings. The number of nitrogens with zero attached hydrogens (tertiary/aromatic N) is 1. The first-order valence-corrected chi connectivity index (χ1v) is 7.21. The molecule has 5 heteroatoms. The number of carbonyl (C=O) groups is 1. The largest absolute Gasteiger partial charge is 0.384 e. The van der Waals surface area contributed by atoms with Gasteiger partial charge in [0.1, 0.15) is 6.61 Å². The lowest BCUT2D eigenvalue weighted by Crippen LogP contribution is -2.48. The fourth-order valence-corrected chi connectivity index (χ4v) is 2.82. The van der Waals surface area contributed by atoms with Crippen LogP contribution in [0.5, 0.6) is 0 Å². The maximum atomic E-state index is 12.4. The quantitative estimate of drug-likeness (QED) is 0.831. The van der Waals surface area contributed by atoms with E-state index in [9.17, 15) is 4.79 Å². The number of hydrogen-bond acceptors (Lipinski definition) is 4. The van der Waals surface area contributed by atoms with E-state index in [-0.39, 0.29) is 18.6 Å². The highest BCUT2D eigenvalue weighted by atomic mass is 32.1. The first-order chi connectivity index (χ1) is 9.26. The Labute approximate surface area is 117 Å². The monoisotopic (exact) mass is 279 g/mol. The number of ether oxygens (including phenoxy) is 1. The van der Waals surface area contributed by atoms with Crippen molar-refractivity contribution < 1.29 is 14.6 Å². The molecule has 1 saturated heterocycles. The van der Waals surface area contributed by atoms with Crippen LogP contribution >= 0.6 is 11.3 Å². The molecule has 0 radical (unpaired) electrons. The van der Waals surface area contributed by atoms with Crippen LogP contribution in [-0.2, 0) is 4.74 Å². The second-order valence-electron chi connectivity index (χ2n) is 4.30. The number of rotatable bonds is 2. The van der Waals surface area contributed by atoms with Crippen molar-refractivity contribution in [1.82, 2.24) is 4.90 Å². The van der Waals surface area contributed by atoms with Crippen molar-refractivity contribution in [1.29, 1.82) is 0 Å². The highest BCUT2D eigenvalue weighted by molar-refractivity contribution is 7.10. The van der Waals surface area contributed by atoms with Gasteiger partial charge in [-0.15, -0.1) is 11.3 Å². The van der Waals surface area contributed by atoms with Crippen LogP contribution in [0.1, 0.15) is 28.6 Å². The number of amides is 1. The summed E-state index contributed by atoms with van der Waals surface area (Å²) in [6.45, 7) is 3.76. The van der Waals surface area contributed by atoms with Crippen LogP contribution in [0.25, 0.3) is 0 Å². The van der Waals surface area contributed by atoms with Crippen LogP contribution in [0.2, 0.25) is 0 Å². The number of aliphatic hydroxyl groups is 1. The number of hydrogen-bond donors (Lipinski definition) is 1. The van der Waals surface area contributed by atoms with Gasteiger partial charge in [-0.1, -0.05) is 18.8 Å². The molecule has 0 spiro atoms. The molecule has 2 heterocycles. The van der Waals surface area contributed by atoms with Crippen molar-refractivity contribution >= 4 is 17.2 Å². The van der Waals surface area contributed by atoms with E-state index in [1.165, 1.54) is 11.3 Å². The molecule has 1 amide bonds. The van der Waals surface area contributed by atoms with Crippen LogP contribution in [0.3, 0.4) is 0 Å². The fraction of sp³-hybridized carbons (Fsp3) is 0.500. The third-order valence-electron chi connectivity index (χ3n) is 3.10. The number of thiophene rings is 1. The summed E-state index contributed by atoms with van der Waals surface area (Å²) in [6.07, 6.45) is 0.896. The zero-order chi connectivity index (χ0) is 13.7. The molecule has 1 aliphatic heterocycles. The van der Waals surface area contributed by atoms with Crippen molar-refractivity contribution in [3.05, 3.63) is 21.9 Å². The highest BCUT2D eigenvalue weighted by Crippen LogP contribution is 2.19. The summed E-state index contributed by atoms with van der Waals surface area (Å²) in [4.78, 5) is 15.1. The Morgan fingerprint density at radius 2 is 2.53 bits per heavy atom. The third kappa shape index (κ3) is 3.35. The van der Waals surface area contributed by atoms with E-state index in [4.69, 9.17) is 9.84 Å². The maximum Gasteiger partial charge on any atom is 0.255 e. The Bertz CT molecular complexity index is 500. The Hall–Kier alpha value is -1.35. The Balaban J connectivity index is 2.12. The average Bonchev–Trinajstić information content (AvgIpc) is 2.93. The summed E-state index contributed by atoms with van der Waals surface area (Å²) in [5.41, 5.74) is 0.674. The summed E-state index contributed by atoms with van der Waals surface area (Å²) in [7, 11) is 0. The molecular formula is C14H17NO3S. The lowest BCUT2D eigenvalue weighted by molar-refractivity contribution is -0.00276. The molecule has 1 unspecified atom stereocenters. The minimum absolute atomic E-state index is 0.0449. The fourth-order valence-electron chi connectivity index (χ4n) is 2.07. The normalized spacial score (nSPS) is 18.8. The number of carbonyl (C=O) groups excluding carboxylic acids is 1. The molecule has 102 valence electrons. The van der Waals surface area contributed by atoms with Crippen molar-refractivity contribution in [2.24, 2.45) is 0 Å². The summed E-state index contributed by atoms with van der Waals surface area (Å²) < 4.78 is 5.41. The van der Waals surface area contributed by atoms with E-state index in [1.54, 1.807) is 6.07 Å². The molecule has 0 aliphatic carbocycles. The van der Waals surface area contributed by atoms with Gasteiger partial charge in [-0.2, -0.15) is 0 Å². The molecule has 0 saturated carbocycles. The van der Waals surface area contributed by atoms with Gasteiger partial charge in [-0.25, -0.2) is 0 Å². The van der Waals surface area contributed by atoms with Crippen molar-refractivity contribution in [3.8, 4) is 11.8 Å². The zero-order valence-electron chi connectivity index (χ0n) is 10.9. The molecule has 1 fully saturated rings. The standard InChI is InChI=1S/C14H17NO3S/c1-2-12-9-18-7-5-15(12)14(17)11-8-13(19-10-11)4-3-6-16/h8,10,12,16H,2,5-7,9H2,1H3. The second-order valence-corrected chi connectivity index (χ2v) is 5.21. The molecule has 1 atom stereocenters. The van der Waals surface area contributed by atoms with Gasteiger partial charge >= 0.3 is 0 Å². The van der Waals surface area contributed by atoms with Crippen molar-refractivity contribution in [2.75, 3.05) is 26.4 Å². The van der Waals surface area contributed by atoms with E-state index >= 15 is 0 Å². The van der Waals surface area contributed by atoms with Gasteiger partial charge in [-0.05, 0) is 12.5 Å². The first-order valence-electron chi connectivity index (χ1n) is 6.33. The van der Waals surface area contributed by atoms with Gasteiger partial charge in [-0.3, -0.25) is 4.79 Å². The summed E-state index contributed by atoms with van der Waals surface area (Å²) in [5, 5.41) is 10.5. The molecule has 4 nitrogen and oxygen atoms in total. The van der Waals surface area contributed by atoms with E-state index in [0.29, 0.717) is 25.3 Å². The minimum Gasteiger partial charge on any atom is -0.384 e. The van der Waals surface area contributed by atoms with E-state index < -0.39 is 0 Å². The molecule has 19 heavy (non-hydrogen) atoms. The van der Waals surface area contributed by atoms with Gasteiger partial charge < -0.3 is 14.7 Å². The first kappa shape index (κ1) is 14.1. The van der Waals surface area contributed by atoms with Gasteiger partial charge in [0.05, 0.1) is 29.7 Å². The van der Waals surface area contributed by atoms with Crippen LogP contribution in [0.15, 0.2) is 11.4 Å². The molecule has 1 aliphatic rings. The van der Waals surface area contributed by atoms with Crippen LogP contribution in [0, 0.1) is 11.8 Å². The maximum absolute atomic E-state index is 12.4. The predicted molar refractivity (Wildman–Crippen MR) is 74.2 cm³/mol.